The summed E-state index contributed by atoms with van der Waals surface area (Å²) >= 11 is 1.43. The first-order valence-electron chi connectivity index (χ1n) is 10.00. The predicted octanol–water partition coefficient (Wildman–Crippen LogP) is 3.82. The number of halogens is 1. The van der Waals surface area contributed by atoms with E-state index in [1.807, 2.05) is 55.9 Å². The predicted molar refractivity (Wildman–Crippen MR) is 124 cm³/mol. The lowest BCUT2D eigenvalue weighted by Crippen LogP contribution is -2.16. The fourth-order valence-electron chi connectivity index (χ4n) is 3.12. The molecule has 0 amide bonds. The van der Waals surface area contributed by atoms with Gasteiger partial charge in [0.1, 0.15) is 11.6 Å². The van der Waals surface area contributed by atoms with Gasteiger partial charge in [0.25, 0.3) is 0 Å². The fraction of sp³-hybridized carbons (Fsp3) is 0.227. The van der Waals surface area contributed by atoms with Gasteiger partial charge < -0.3 is 10.6 Å². The van der Waals surface area contributed by atoms with Crippen molar-refractivity contribution in [1.29, 1.82) is 0 Å². The third-order valence-corrected chi connectivity index (χ3v) is 5.80. The van der Waals surface area contributed by atoms with Crippen LogP contribution in [0.3, 0.4) is 0 Å². The number of nitrogens with two attached hydrogens (primary N) is 1. The van der Waals surface area contributed by atoms with E-state index in [-0.39, 0.29) is 17.0 Å². The third kappa shape index (κ3) is 4.70. The van der Waals surface area contributed by atoms with Gasteiger partial charge in [-0.05, 0) is 24.6 Å². The van der Waals surface area contributed by atoms with E-state index in [1.165, 1.54) is 17.8 Å². The Bertz CT molecular complexity index is 1210. The minimum Gasteiger partial charge on any atom is -0.368 e. The highest BCUT2D eigenvalue weighted by Gasteiger charge is 2.22. The normalized spacial score (nSPS) is 12.0. The van der Waals surface area contributed by atoms with Gasteiger partial charge in [-0.25, -0.2) is 4.39 Å². The van der Waals surface area contributed by atoms with Crippen LogP contribution in [0.2, 0.25) is 0 Å². The Balaban J connectivity index is 1.72. The van der Waals surface area contributed by atoms with E-state index < -0.39 is 0 Å². The van der Waals surface area contributed by atoms with Crippen molar-refractivity contribution in [2.75, 3.05) is 24.7 Å². The molecular formula is C22H23FN8S. The molecule has 2 N–H and O–H groups in total. The van der Waals surface area contributed by atoms with Crippen LogP contribution in [0.5, 0.6) is 0 Å². The van der Waals surface area contributed by atoms with Crippen LogP contribution in [0, 0.1) is 5.82 Å². The maximum absolute atomic E-state index is 14.6. The van der Waals surface area contributed by atoms with E-state index in [4.69, 9.17) is 5.73 Å². The summed E-state index contributed by atoms with van der Waals surface area (Å²) in [5, 5.41) is 9.13. The summed E-state index contributed by atoms with van der Waals surface area (Å²) in [4.78, 5) is 14.7. The molecule has 164 valence electrons. The van der Waals surface area contributed by atoms with Crippen LogP contribution in [0.4, 0.5) is 16.3 Å². The molecule has 1 atom stereocenters. The van der Waals surface area contributed by atoms with Gasteiger partial charge in [-0.3, -0.25) is 4.57 Å². The Kier molecular flexibility index (Phi) is 6.31. The van der Waals surface area contributed by atoms with Gasteiger partial charge in [-0.2, -0.15) is 15.0 Å². The molecule has 0 unspecified atom stereocenters. The van der Waals surface area contributed by atoms with Crippen molar-refractivity contribution in [3.63, 3.8) is 0 Å². The van der Waals surface area contributed by atoms with Crippen LogP contribution < -0.4 is 10.6 Å². The number of thioether (sulfide) groups is 1. The Labute approximate surface area is 189 Å². The molecule has 4 rings (SSSR count). The van der Waals surface area contributed by atoms with E-state index in [9.17, 15) is 4.39 Å². The van der Waals surface area contributed by atoms with E-state index in [0.29, 0.717) is 34.9 Å². The number of aromatic nitrogens is 6. The van der Waals surface area contributed by atoms with E-state index >= 15 is 0 Å². The number of anilines is 2. The Morgan fingerprint density at radius 1 is 1.00 bits per heavy atom. The minimum absolute atomic E-state index is 0.156. The van der Waals surface area contributed by atoms with Gasteiger partial charge in [0.05, 0.1) is 17.4 Å². The largest absolute Gasteiger partial charge is 0.368 e. The molecule has 0 aliphatic rings. The highest BCUT2D eigenvalue weighted by molar-refractivity contribution is 7.99. The lowest BCUT2D eigenvalue weighted by atomic mass is 10.2. The maximum atomic E-state index is 14.6. The SMILES string of the molecule is C[C@H](Sc1nnc(-c2ccccc2F)n1Cc1ccccc1)c1nc(N)nc(N(C)C)n1. The molecule has 8 nitrogen and oxygen atoms in total. The summed E-state index contributed by atoms with van der Waals surface area (Å²) < 4.78 is 16.5. The molecule has 2 aromatic heterocycles. The molecule has 0 aliphatic heterocycles. The number of rotatable bonds is 7. The first-order chi connectivity index (χ1) is 15.4. The summed E-state index contributed by atoms with van der Waals surface area (Å²) in [7, 11) is 3.68. The summed E-state index contributed by atoms with van der Waals surface area (Å²) in [5.74, 6) is 1.29. The first-order valence-corrected chi connectivity index (χ1v) is 10.9. The van der Waals surface area contributed by atoms with Crippen molar-refractivity contribution in [1.82, 2.24) is 29.7 Å². The number of hydrogen-bond donors (Lipinski definition) is 1. The number of hydrogen-bond acceptors (Lipinski definition) is 8. The van der Waals surface area contributed by atoms with E-state index in [2.05, 4.69) is 25.1 Å². The highest BCUT2D eigenvalue weighted by Crippen LogP contribution is 2.35. The zero-order valence-electron chi connectivity index (χ0n) is 18.0. The smallest absolute Gasteiger partial charge is 0.229 e. The average Bonchev–Trinajstić information content (AvgIpc) is 3.16. The van der Waals surface area contributed by atoms with Crippen LogP contribution in [0.15, 0.2) is 59.8 Å². The second-order valence-corrected chi connectivity index (χ2v) is 8.67. The molecule has 0 fully saturated rings. The van der Waals surface area contributed by atoms with Gasteiger partial charge in [0, 0.05) is 14.1 Å². The summed E-state index contributed by atoms with van der Waals surface area (Å²) in [6.45, 7) is 2.46. The molecule has 4 aromatic rings. The van der Waals surface area contributed by atoms with E-state index in [0.717, 1.165) is 5.56 Å². The molecular weight excluding hydrogens is 427 g/mol. The number of nitrogen functional groups attached to an aromatic ring is 1. The van der Waals surface area contributed by atoms with Gasteiger partial charge in [0.2, 0.25) is 11.9 Å². The Morgan fingerprint density at radius 3 is 2.44 bits per heavy atom. The van der Waals surface area contributed by atoms with Crippen molar-refractivity contribution in [2.24, 2.45) is 0 Å². The molecule has 0 saturated heterocycles. The van der Waals surface area contributed by atoms with Gasteiger partial charge in [-0.1, -0.05) is 54.2 Å². The molecule has 32 heavy (non-hydrogen) atoms. The standard InChI is InChI=1S/C22H23FN8S/c1-14(18-25-20(24)27-21(26-18)30(2)3)32-22-29-28-19(16-11-7-8-12-17(16)23)31(22)13-15-9-5-4-6-10-15/h4-12,14H,13H2,1-3H3,(H2,24,25,26,27)/t14-/m0/s1. The Morgan fingerprint density at radius 2 is 1.72 bits per heavy atom. The lowest BCUT2D eigenvalue weighted by molar-refractivity contribution is 0.626. The molecule has 2 heterocycles. The number of nitrogens with zero attached hydrogens (tertiary/aromatic N) is 7. The van der Waals surface area contributed by atoms with Crippen molar-refractivity contribution in [3.05, 3.63) is 71.8 Å². The average molecular weight is 451 g/mol. The quantitative estimate of drug-likeness (QED) is 0.424. The molecule has 0 radical (unpaired) electrons. The zero-order valence-corrected chi connectivity index (χ0v) is 18.8. The molecule has 2 aromatic carbocycles. The minimum atomic E-state index is -0.348. The van der Waals surface area contributed by atoms with Crippen molar-refractivity contribution < 1.29 is 4.39 Å². The summed E-state index contributed by atoms with van der Waals surface area (Å²) in [6.07, 6.45) is 0. The van der Waals surface area contributed by atoms with Crippen LogP contribution in [-0.4, -0.2) is 43.8 Å². The van der Waals surface area contributed by atoms with Crippen LogP contribution in [0.25, 0.3) is 11.4 Å². The molecule has 0 spiro atoms. The molecule has 0 bridgehead atoms. The summed E-state index contributed by atoms with van der Waals surface area (Å²) in [6, 6.07) is 16.5. The zero-order chi connectivity index (χ0) is 22.7. The van der Waals surface area contributed by atoms with Gasteiger partial charge in [-0.15, -0.1) is 10.2 Å². The topological polar surface area (TPSA) is 98.6 Å². The summed E-state index contributed by atoms with van der Waals surface area (Å²) in [5.41, 5.74) is 7.34. The fourth-order valence-corrected chi connectivity index (χ4v) is 4.01. The van der Waals surface area contributed by atoms with Gasteiger partial charge >= 0.3 is 0 Å². The Hall–Kier alpha value is -3.53. The molecule has 0 aliphatic carbocycles. The van der Waals surface area contributed by atoms with Crippen LogP contribution >= 0.6 is 11.8 Å². The van der Waals surface area contributed by atoms with Gasteiger partial charge in [0.15, 0.2) is 11.0 Å². The molecule has 0 saturated carbocycles. The first kappa shape index (κ1) is 21.7. The maximum Gasteiger partial charge on any atom is 0.229 e. The number of benzene rings is 2. The van der Waals surface area contributed by atoms with Crippen molar-refractivity contribution in [3.8, 4) is 11.4 Å². The lowest BCUT2D eigenvalue weighted by Gasteiger charge is -2.15. The highest BCUT2D eigenvalue weighted by atomic mass is 32.2. The van der Waals surface area contributed by atoms with E-state index in [1.54, 1.807) is 23.1 Å². The van der Waals surface area contributed by atoms with Crippen molar-refractivity contribution in [2.45, 2.75) is 23.9 Å². The second-order valence-electron chi connectivity index (χ2n) is 7.36. The van der Waals surface area contributed by atoms with Crippen molar-refractivity contribution >= 4 is 23.7 Å². The second kappa shape index (κ2) is 9.31. The molecule has 10 heteroatoms. The van der Waals surface area contributed by atoms with Crippen LogP contribution in [-0.2, 0) is 6.54 Å². The van der Waals surface area contributed by atoms with Crippen LogP contribution in [0.1, 0.15) is 23.6 Å². The monoisotopic (exact) mass is 450 g/mol. The third-order valence-electron chi connectivity index (χ3n) is 4.72.